The number of aliphatic hydroxyl groups is 1. The van der Waals surface area contributed by atoms with Gasteiger partial charge in [0.15, 0.2) is 5.82 Å². The molecule has 0 saturated carbocycles. The molecule has 6 nitrogen and oxygen atoms in total. The van der Waals surface area contributed by atoms with Gasteiger partial charge in [0.1, 0.15) is 18.7 Å². The molecule has 0 aliphatic carbocycles. The van der Waals surface area contributed by atoms with Gasteiger partial charge in [-0.2, -0.15) is 5.10 Å². The highest BCUT2D eigenvalue weighted by atomic mass is 16.5. The summed E-state index contributed by atoms with van der Waals surface area (Å²) in [7, 11) is 1.80. The van der Waals surface area contributed by atoms with Gasteiger partial charge < -0.3 is 9.84 Å². The second-order valence-electron chi connectivity index (χ2n) is 3.23. The molecular formula is C10H12N4O2. The Labute approximate surface area is 92.5 Å². The molecule has 6 heteroatoms. The Morgan fingerprint density at radius 2 is 2.25 bits per heavy atom. The number of pyridine rings is 1. The number of ether oxygens (including phenoxy) is 1. The first kappa shape index (κ1) is 10.6. The van der Waals surface area contributed by atoms with Crippen LogP contribution in [0.2, 0.25) is 0 Å². The molecule has 0 spiro atoms. The van der Waals surface area contributed by atoms with Crippen molar-refractivity contribution in [1.29, 1.82) is 0 Å². The van der Waals surface area contributed by atoms with Crippen LogP contribution in [0.1, 0.15) is 11.5 Å². The second kappa shape index (κ2) is 4.71. The molecule has 0 aliphatic rings. The Morgan fingerprint density at radius 1 is 1.38 bits per heavy atom. The van der Waals surface area contributed by atoms with Crippen LogP contribution in [0.4, 0.5) is 0 Å². The van der Waals surface area contributed by atoms with Crippen LogP contribution in [0.25, 0.3) is 0 Å². The van der Waals surface area contributed by atoms with Gasteiger partial charge in [-0.05, 0) is 12.1 Å². The minimum atomic E-state index is -0.0659. The van der Waals surface area contributed by atoms with Crippen molar-refractivity contribution in [3.63, 3.8) is 0 Å². The Balaban J connectivity index is 1.97. The summed E-state index contributed by atoms with van der Waals surface area (Å²) in [6, 6.07) is 3.47. The summed E-state index contributed by atoms with van der Waals surface area (Å²) in [6.45, 7) is 0.278. The first-order valence-corrected chi connectivity index (χ1v) is 4.81. The summed E-state index contributed by atoms with van der Waals surface area (Å²) in [5.41, 5.74) is 0.617. The molecular weight excluding hydrogens is 208 g/mol. The third kappa shape index (κ3) is 2.34. The van der Waals surface area contributed by atoms with E-state index in [2.05, 4.69) is 15.1 Å². The van der Waals surface area contributed by atoms with E-state index in [1.54, 1.807) is 30.1 Å². The fourth-order valence-electron chi connectivity index (χ4n) is 1.19. The van der Waals surface area contributed by atoms with Crippen molar-refractivity contribution in [2.75, 3.05) is 0 Å². The largest absolute Gasteiger partial charge is 0.484 e. The maximum absolute atomic E-state index is 8.82. The topological polar surface area (TPSA) is 73.1 Å². The zero-order valence-electron chi connectivity index (χ0n) is 8.87. The second-order valence-corrected chi connectivity index (χ2v) is 3.23. The van der Waals surface area contributed by atoms with Gasteiger partial charge in [0.25, 0.3) is 0 Å². The lowest BCUT2D eigenvalue weighted by atomic mass is 10.3. The maximum Gasteiger partial charge on any atom is 0.164 e. The molecule has 0 fully saturated rings. The molecule has 0 amide bonds. The molecule has 2 heterocycles. The molecule has 0 aromatic carbocycles. The van der Waals surface area contributed by atoms with Gasteiger partial charge in [-0.1, -0.05) is 0 Å². The van der Waals surface area contributed by atoms with E-state index in [9.17, 15) is 0 Å². The average Bonchev–Trinajstić information content (AvgIpc) is 2.73. The van der Waals surface area contributed by atoms with E-state index in [0.717, 1.165) is 5.82 Å². The van der Waals surface area contributed by atoms with E-state index in [0.29, 0.717) is 18.1 Å². The van der Waals surface area contributed by atoms with Crippen LogP contribution in [0, 0.1) is 0 Å². The molecule has 2 rings (SSSR count). The van der Waals surface area contributed by atoms with Crippen LogP contribution >= 0.6 is 0 Å². The minimum absolute atomic E-state index is 0.0659. The molecule has 16 heavy (non-hydrogen) atoms. The Morgan fingerprint density at radius 3 is 2.81 bits per heavy atom. The molecule has 2 aromatic rings. The van der Waals surface area contributed by atoms with Crippen molar-refractivity contribution >= 4 is 0 Å². The highest BCUT2D eigenvalue weighted by Crippen LogP contribution is 2.10. The number of aromatic nitrogens is 4. The smallest absolute Gasteiger partial charge is 0.164 e. The van der Waals surface area contributed by atoms with Crippen LogP contribution < -0.4 is 4.74 Å². The Bertz CT molecular complexity index is 452. The molecule has 0 aliphatic heterocycles. The zero-order chi connectivity index (χ0) is 11.4. The number of hydrogen-bond acceptors (Lipinski definition) is 5. The number of aliphatic hydroxyl groups excluding tert-OH is 1. The first-order valence-electron chi connectivity index (χ1n) is 4.81. The van der Waals surface area contributed by atoms with Crippen molar-refractivity contribution in [3.05, 3.63) is 36.2 Å². The Kier molecular flexibility index (Phi) is 3.11. The van der Waals surface area contributed by atoms with Gasteiger partial charge >= 0.3 is 0 Å². The van der Waals surface area contributed by atoms with Gasteiger partial charge in [-0.15, -0.1) is 0 Å². The molecule has 1 N–H and O–H groups in total. The summed E-state index contributed by atoms with van der Waals surface area (Å²) in [4.78, 5) is 8.03. The summed E-state index contributed by atoms with van der Waals surface area (Å²) in [5, 5.41) is 12.8. The number of rotatable bonds is 4. The van der Waals surface area contributed by atoms with Gasteiger partial charge in [-0.3, -0.25) is 9.67 Å². The lowest BCUT2D eigenvalue weighted by Gasteiger charge is -2.05. The molecule has 84 valence electrons. The summed E-state index contributed by atoms with van der Waals surface area (Å²) in [6.07, 6.45) is 3.05. The van der Waals surface area contributed by atoms with Gasteiger partial charge in [0, 0.05) is 7.05 Å². The predicted molar refractivity (Wildman–Crippen MR) is 55.5 cm³/mol. The van der Waals surface area contributed by atoms with Crippen molar-refractivity contribution < 1.29 is 9.84 Å². The standard InChI is InChI=1S/C10H12N4O2/c1-14-10(12-7-13-14)6-16-9-3-2-8(5-15)11-4-9/h2-4,7,15H,5-6H2,1H3. The van der Waals surface area contributed by atoms with Gasteiger partial charge in [0.05, 0.1) is 18.5 Å². The lowest BCUT2D eigenvalue weighted by molar-refractivity contribution is 0.273. The predicted octanol–water partition coefficient (Wildman–Crippen LogP) is 0.281. The minimum Gasteiger partial charge on any atom is -0.484 e. The molecule has 0 radical (unpaired) electrons. The highest BCUT2D eigenvalue weighted by molar-refractivity contribution is 5.19. The molecule has 0 unspecified atom stereocenters. The Hall–Kier alpha value is -1.95. The van der Waals surface area contributed by atoms with Crippen molar-refractivity contribution in [2.45, 2.75) is 13.2 Å². The van der Waals surface area contributed by atoms with Crippen LogP contribution in [-0.2, 0) is 20.3 Å². The highest BCUT2D eigenvalue weighted by Gasteiger charge is 2.01. The van der Waals surface area contributed by atoms with E-state index < -0.39 is 0 Å². The third-order valence-corrected chi connectivity index (χ3v) is 2.13. The zero-order valence-corrected chi connectivity index (χ0v) is 8.87. The SMILES string of the molecule is Cn1ncnc1COc1ccc(CO)nc1. The van der Waals surface area contributed by atoms with Gasteiger partial charge in [-0.25, -0.2) is 4.98 Å². The summed E-state index contributed by atoms with van der Waals surface area (Å²) in [5.74, 6) is 1.38. The van der Waals surface area contributed by atoms with E-state index in [1.165, 1.54) is 6.33 Å². The summed E-state index contributed by atoms with van der Waals surface area (Å²) >= 11 is 0. The molecule has 0 bridgehead atoms. The van der Waals surface area contributed by atoms with Crippen molar-refractivity contribution in [3.8, 4) is 5.75 Å². The van der Waals surface area contributed by atoms with Crippen molar-refractivity contribution in [2.24, 2.45) is 7.05 Å². The third-order valence-electron chi connectivity index (χ3n) is 2.13. The van der Waals surface area contributed by atoms with Crippen LogP contribution in [0.15, 0.2) is 24.7 Å². The number of hydrogen-bond donors (Lipinski definition) is 1. The fourth-order valence-corrected chi connectivity index (χ4v) is 1.19. The van der Waals surface area contributed by atoms with E-state index in [4.69, 9.17) is 9.84 Å². The average molecular weight is 220 g/mol. The fraction of sp³-hybridized carbons (Fsp3) is 0.300. The molecule has 0 atom stereocenters. The van der Waals surface area contributed by atoms with E-state index in [1.807, 2.05) is 0 Å². The van der Waals surface area contributed by atoms with Crippen molar-refractivity contribution in [1.82, 2.24) is 19.7 Å². The van der Waals surface area contributed by atoms with Gasteiger partial charge in [0.2, 0.25) is 0 Å². The molecule has 2 aromatic heterocycles. The van der Waals surface area contributed by atoms with Crippen LogP contribution in [0.3, 0.4) is 0 Å². The lowest BCUT2D eigenvalue weighted by Crippen LogP contribution is -2.04. The first-order chi connectivity index (χ1) is 7.79. The molecule has 0 saturated heterocycles. The monoisotopic (exact) mass is 220 g/mol. The van der Waals surface area contributed by atoms with Crippen LogP contribution in [0.5, 0.6) is 5.75 Å². The van der Waals surface area contributed by atoms with Crippen LogP contribution in [-0.4, -0.2) is 24.9 Å². The quantitative estimate of drug-likeness (QED) is 0.801. The summed E-state index contributed by atoms with van der Waals surface area (Å²) < 4.78 is 7.11. The number of nitrogens with zero attached hydrogens (tertiary/aromatic N) is 4. The maximum atomic E-state index is 8.82. The van der Waals surface area contributed by atoms with E-state index in [-0.39, 0.29) is 6.61 Å². The van der Waals surface area contributed by atoms with E-state index >= 15 is 0 Å². The number of aryl methyl sites for hydroxylation is 1. The normalized spacial score (nSPS) is 10.4.